The van der Waals surface area contributed by atoms with Crippen LogP contribution in [0.1, 0.15) is 84.6 Å². The van der Waals surface area contributed by atoms with Gasteiger partial charge in [0.25, 0.3) is 0 Å². The van der Waals surface area contributed by atoms with Crippen molar-refractivity contribution in [3.05, 3.63) is 229 Å². The minimum absolute atomic E-state index is 0. The molecule has 0 unspecified atom stereocenters. The summed E-state index contributed by atoms with van der Waals surface area (Å²) < 4.78 is 2.21. The van der Waals surface area contributed by atoms with Gasteiger partial charge in [-0.1, -0.05) is 195 Å². The topological polar surface area (TPSA) is 63.0 Å². The van der Waals surface area contributed by atoms with Gasteiger partial charge >= 0.3 is 0 Å². The van der Waals surface area contributed by atoms with Crippen LogP contribution in [0.25, 0.3) is 84.0 Å². The fourth-order valence-electron chi connectivity index (χ4n) is 10.8. The molecule has 12 rings (SSSR count). The van der Waals surface area contributed by atoms with Crippen molar-refractivity contribution in [3.8, 4) is 62.2 Å². The van der Waals surface area contributed by atoms with E-state index in [0.717, 1.165) is 94.9 Å². The minimum atomic E-state index is -0.257. The number of rotatable bonds is 8. The van der Waals surface area contributed by atoms with Gasteiger partial charge in [-0.2, -0.15) is 0 Å². The Labute approximate surface area is 474 Å². The van der Waals surface area contributed by atoms with Gasteiger partial charge in [-0.3, -0.25) is 9.97 Å². The molecule has 0 aliphatic carbocycles. The van der Waals surface area contributed by atoms with E-state index in [0.29, 0.717) is 17.5 Å². The summed E-state index contributed by atoms with van der Waals surface area (Å²) in [5, 5.41) is 2.20. The van der Waals surface area contributed by atoms with Crippen molar-refractivity contribution in [1.29, 1.82) is 0 Å². The van der Waals surface area contributed by atoms with Crippen LogP contribution in [-0.2, 0) is 37.3 Å². The number of pyridine rings is 1. The molecule has 7 nitrogen and oxygen atoms in total. The molecule has 0 saturated carbocycles. The van der Waals surface area contributed by atoms with Crippen LogP contribution in [0, 0.1) is 25.7 Å². The fraction of sp³-hybridized carbons (Fsp3) is 0.186. The number of para-hydroxylation sites is 4. The Morgan fingerprint density at radius 2 is 1.03 bits per heavy atom. The summed E-state index contributed by atoms with van der Waals surface area (Å²) in [6, 6.07) is 72.2. The zero-order valence-electron chi connectivity index (χ0n) is 45.9. The van der Waals surface area contributed by atoms with E-state index in [9.17, 15) is 0 Å². The summed E-state index contributed by atoms with van der Waals surface area (Å²) in [7, 11) is 0. The average molecular weight is 1200 g/mol. The first kappa shape index (κ1) is 52.1. The Kier molecular flexibility index (Phi) is 13.4. The van der Waals surface area contributed by atoms with Crippen LogP contribution in [0.3, 0.4) is 0 Å². The Balaban J connectivity index is 0.00000645. The van der Waals surface area contributed by atoms with Crippen molar-refractivity contribution >= 4 is 44.6 Å². The summed E-state index contributed by atoms with van der Waals surface area (Å²) in [4.78, 5) is 26.0. The van der Waals surface area contributed by atoms with Crippen molar-refractivity contribution < 1.29 is 21.1 Å². The number of anilines is 4. The van der Waals surface area contributed by atoms with E-state index in [1.807, 2.05) is 12.3 Å². The molecule has 0 atom stereocenters. The molecule has 0 fully saturated rings. The van der Waals surface area contributed by atoms with Gasteiger partial charge in [-0.15, -0.1) is 60.3 Å². The number of benzene rings is 8. The average Bonchev–Trinajstić information content (AvgIpc) is 4.02. The monoisotopic (exact) mass is 1200 g/mol. The van der Waals surface area contributed by atoms with Crippen LogP contribution in [0.4, 0.5) is 22.7 Å². The second-order valence-electron chi connectivity index (χ2n) is 23.4. The molecule has 8 aromatic carbocycles. The molecular formula is C70H62N7Pt-3. The number of hydrogen-bond acceptors (Lipinski definition) is 6. The van der Waals surface area contributed by atoms with Crippen LogP contribution in [0.5, 0.6) is 0 Å². The Hall–Kier alpha value is -7.99. The molecule has 0 bridgehead atoms. The number of hydrogen-bond donors (Lipinski definition) is 0. The van der Waals surface area contributed by atoms with Gasteiger partial charge < -0.3 is 19.4 Å². The zero-order chi connectivity index (χ0) is 53.4. The van der Waals surface area contributed by atoms with Crippen molar-refractivity contribution in [2.45, 2.75) is 85.5 Å². The molecule has 390 valence electrons. The van der Waals surface area contributed by atoms with E-state index in [4.69, 9.17) is 19.9 Å². The molecule has 0 saturated heterocycles. The number of aryl methyl sites for hydroxylation is 1. The smallest absolute Gasteiger partial charge is 0.144 e. The Bertz CT molecular complexity index is 3950. The Morgan fingerprint density at radius 1 is 0.474 bits per heavy atom. The van der Waals surface area contributed by atoms with Gasteiger partial charge in [0.1, 0.15) is 11.6 Å². The van der Waals surface area contributed by atoms with Crippen LogP contribution in [0.2, 0.25) is 0 Å². The third-order valence-electron chi connectivity index (χ3n) is 14.8. The molecule has 78 heavy (non-hydrogen) atoms. The van der Waals surface area contributed by atoms with Crippen LogP contribution < -0.4 is 9.80 Å². The fourth-order valence-corrected chi connectivity index (χ4v) is 10.8. The molecule has 0 radical (unpaired) electrons. The molecule has 11 aromatic rings. The summed E-state index contributed by atoms with van der Waals surface area (Å²) in [5.74, 6) is 2.49. The molecular weight excluding hydrogens is 1130 g/mol. The minimum Gasteiger partial charge on any atom is -0.488 e. The first-order valence-electron chi connectivity index (χ1n) is 26.6. The molecule has 1 aliphatic rings. The standard InChI is InChI=1S/C70H62N7.Pt/c1-45-37-38-71-62(39-45)77-58-32-18-17-29-54(58)55-36-35-49(41-61(55)77)66-72-65(73-67(74-66)63-56(69(5,6)7)42-50(68(2,3)4)43-57(63)70(8,9)10)48-27-21-28-51(40-48)75-44-76(60-34-20-19-33-59(60)75)64-52(46-23-13-11-14-24-46)30-22-31-53(64)47-25-15-12-16-26-47;/h11-39,42-44H,1-10H3;/q-3;. The first-order chi connectivity index (χ1) is 37.0. The molecule has 0 spiro atoms. The molecule has 3 aromatic heterocycles. The molecule has 8 heteroatoms. The number of nitrogens with zero attached hydrogens (tertiary/aromatic N) is 7. The quantitative estimate of drug-likeness (QED) is 0.141. The summed E-state index contributed by atoms with van der Waals surface area (Å²) >= 11 is 0. The van der Waals surface area contributed by atoms with Gasteiger partial charge in [0.05, 0.1) is 11.6 Å². The van der Waals surface area contributed by atoms with Gasteiger partial charge in [0.15, 0.2) is 0 Å². The third-order valence-corrected chi connectivity index (χ3v) is 14.8. The van der Waals surface area contributed by atoms with E-state index in [1.165, 1.54) is 16.7 Å². The van der Waals surface area contributed by atoms with Crippen molar-refractivity contribution in [2.24, 2.45) is 0 Å². The third kappa shape index (κ3) is 9.53. The van der Waals surface area contributed by atoms with E-state index in [2.05, 4.69) is 278 Å². The van der Waals surface area contributed by atoms with Crippen molar-refractivity contribution in [2.75, 3.05) is 9.80 Å². The van der Waals surface area contributed by atoms with E-state index >= 15 is 0 Å². The summed E-state index contributed by atoms with van der Waals surface area (Å²) in [6.07, 6.45) is 1.87. The molecule has 4 heterocycles. The zero-order valence-corrected chi connectivity index (χ0v) is 48.2. The van der Waals surface area contributed by atoms with Crippen LogP contribution >= 0.6 is 0 Å². The first-order valence-corrected chi connectivity index (χ1v) is 26.6. The maximum atomic E-state index is 5.55. The Morgan fingerprint density at radius 3 is 1.63 bits per heavy atom. The second kappa shape index (κ2) is 20.1. The predicted molar refractivity (Wildman–Crippen MR) is 319 cm³/mol. The second-order valence-corrected chi connectivity index (χ2v) is 23.4. The summed E-state index contributed by atoms with van der Waals surface area (Å²) in [6.45, 7) is 24.9. The van der Waals surface area contributed by atoms with E-state index in [1.54, 1.807) is 0 Å². The van der Waals surface area contributed by atoms with Crippen LogP contribution in [-0.4, -0.2) is 24.5 Å². The van der Waals surface area contributed by atoms with Crippen LogP contribution in [0.15, 0.2) is 188 Å². The maximum absolute atomic E-state index is 5.55. The molecule has 0 amide bonds. The predicted octanol–water partition coefficient (Wildman–Crippen LogP) is 17.9. The van der Waals surface area contributed by atoms with Gasteiger partial charge in [0, 0.05) is 66.5 Å². The maximum Gasteiger partial charge on any atom is 0.144 e. The summed E-state index contributed by atoms with van der Waals surface area (Å²) in [5.41, 5.74) is 17.2. The number of fused-ring (bicyclic) bond motifs is 4. The van der Waals surface area contributed by atoms with Gasteiger partial charge in [0.2, 0.25) is 0 Å². The van der Waals surface area contributed by atoms with Gasteiger partial charge in [-0.25, -0.2) is 4.98 Å². The van der Waals surface area contributed by atoms with Crippen molar-refractivity contribution in [1.82, 2.24) is 24.5 Å². The number of aromatic nitrogens is 5. The van der Waals surface area contributed by atoms with E-state index < -0.39 is 0 Å². The normalized spacial score (nSPS) is 12.8. The van der Waals surface area contributed by atoms with Gasteiger partial charge in [-0.05, 0) is 97.8 Å². The molecule has 1 aliphatic heterocycles. The van der Waals surface area contributed by atoms with E-state index in [-0.39, 0.29) is 37.3 Å². The SMILES string of the molecule is Cc1ccnc(-n2c3[c-]c(-c4nc(-c5[c-]c(N6[CH-]N(c7c(-c8ccccc8)cccc7-c7ccccc7)c7ccccc76)ccc5)nc(-c5c(C(C)(C)C)cc(C(C)(C)C)cc5C(C)(C)C)n4)ccc3c3ccccc32)c1.[Pt]. The molecule has 0 N–H and O–H groups in total. The van der Waals surface area contributed by atoms with Crippen molar-refractivity contribution in [3.63, 3.8) is 0 Å². The largest absolute Gasteiger partial charge is 0.488 e.